The van der Waals surface area contributed by atoms with Gasteiger partial charge in [0.05, 0.1) is 5.56 Å². The highest BCUT2D eigenvalue weighted by Crippen LogP contribution is 2.31. The van der Waals surface area contributed by atoms with Crippen molar-refractivity contribution in [3.8, 4) is 0 Å². The predicted molar refractivity (Wildman–Crippen MR) is 83.6 cm³/mol. The van der Waals surface area contributed by atoms with Crippen molar-refractivity contribution in [2.75, 3.05) is 6.54 Å². The van der Waals surface area contributed by atoms with E-state index in [1.165, 1.54) is 50.9 Å². The number of aromatic nitrogens is 1. The molecule has 0 unspecified atom stereocenters. The van der Waals surface area contributed by atoms with Crippen molar-refractivity contribution in [1.29, 1.82) is 0 Å². The van der Waals surface area contributed by atoms with E-state index in [-0.39, 0.29) is 12.1 Å². The van der Waals surface area contributed by atoms with Crippen LogP contribution in [0.4, 0.5) is 13.2 Å². The van der Waals surface area contributed by atoms with Crippen LogP contribution in [0.5, 0.6) is 0 Å². The van der Waals surface area contributed by atoms with Crippen LogP contribution in [0.25, 0.3) is 0 Å². The molecular formula is C17H27F3N2. The van der Waals surface area contributed by atoms with Crippen LogP contribution in [0, 0.1) is 0 Å². The van der Waals surface area contributed by atoms with Gasteiger partial charge >= 0.3 is 6.18 Å². The minimum Gasteiger partial charge on any atom is -0.313 e. The SMILES string of the molecule is CCCCCCCCCCNCc1cnccc1C(F)(F)F. The summed E-state index contributed by atoms with van der Waals surface area (Å²) in [4.78, 5) is 3.78. The fourth-order valence-electron chi connectivity index (χ4n) is 2.45. The van der Waals surface area contributed by atoms with Crippen LogP contribution in [-0.4, -0.2) is 11.5 Å². The van der Waals surface area contributed by atoms with E-state index in [4.69, 9.17) is 0 Å². The van der Waals surface area contributed by atoms with Gasteiger partial charge in [0.2, 0.25) is 0 Å². The number of nitrogens with zero attached hydrogens (tertiary/aromatic N) is 1. The lowest BCUT2D eigenvalue weighted by molar-refractivity contribution is -0.138. The normalized spacial score (nSPS) is 11.8. The summed E-state index contributed by atoms with van der Waals surface area (Å²) in [6, 6.07) is 1.04. The zero-order valence-electron chi connectivity index (χ0n) is 13.4. The van der Waals surface area contributed by atoms with Gasteiger partial charge in [-0.2, -0.15) is 13.2 Å². The number of alkyl halides is 3. The Bertz CT molecular complexity index is 405. The largest absolute Gasteiger partial charge is 0.416 e. The van der Waals surface area contributed by atoms with Crippen LogP contribution in [0.1, 0.15) is 69.4 Å². The summed E-state index contributed by atoms with van der Waals surface area (Å²) in [5, 5.41) is 3.09. The number of rotatable bonds is 11. The van der Waals surface area contributed by atoms with Crippen LogP contribution in [0.2, 0.25) is 0 Å². The number of nitrogens with one attached hydrogen (secondary N) is 1. The van der Waals surface area contributed by atoms with Crippen molar-refractivity contribution in [2.24, 2.45) is 0 Å². The molecule has 5 heteroatoms. The molecule has 1 aromatic heterocycles. The predicted octanol–water partition coefficient (Wildman–Crippen LogP) is 5.33. The van der Waals surface area contributed by atoms with E-state index in [9.17, 15) is 13.2 Å². The fourth-order valence-corrected chi connectivity index (χ4v) is 2.45. The van der Waals surface area contributed by atoms with E-state index in [1.54, 1.807) is 0 Å². The molecule has 1 N–H and O–H groups in total. The van der Waals surface area contributed by atoms with Gasteiger partial charge in [-0.3, -0.25) is 4.98 Å². The van der Waals surface area contributed by atoms with Crippen molar-refractivity contribution in [2.45, 2.75) is 71.0 Å². The average molecular weight is 316 g/mol. The van der Waals surface area contributed by atoms with Gasteiger partial charge in [-0.15, -0.1) is 0 Å². The van der Waals surface area contributed by atoms with Crippen molar-refractivity contribution >= 4 is 0 Å². The molecule has 0 aliphatic heterocycles. The number of hydrogen-bond acceptors (Lipinski definition) is 2. The van der Waals surface area contributed by atoms with Gasteiger partial charge in [-0.05, 0) is 24.6 Å². The second-order valence-electron chi connectivity index (χ2n) is 5.68. The van der Waals surface area contributed by atoms with Gasteiger partial charge in [-0.1, -0.05) is 51.9 Å². The summed E-state index contributed by atoms with van der Waals surface area (Å²) in [5.41, 5.74) is -0.375. The summed E-state index contributed by atoms with van der Waals surface area (Å²) in [6.07, 6.45) is 7.99. The Labute approximate surface area is 131 Å². The van der Waals surface area contributed by atoms with E-state index >= 15 is 0 Å². The molecule has 1 rings (SSSR count). The molecule has 0 aliphatic carbocycles. The first-order valence-corrected chi connectivity index (χ1v) is 8.26. The molecule has 0 spiro atoms. The maximum atomic E-state index is 12.8. The summed E-state index contributed by atoms with van der Waals surface area (Å²) >= 11 is 0. The Balaban J connectivity index is 2.13. The minimum absolute atomic E-state index is 0.217. The molecule has 0 atom stereocenters. The molecule has 2 nitrogen and oxygen atoms in total. The smallest absolute Gasteiger partial charge is 0.313 e. The Morgan fingerprint density at radius 1 is 1.00 bits per heavy atom. The Morgan fingerprint density at radius 3 is 2.27 bits per heavy atom. The molecule has 22 heavy (non-hydrogen) atoms. The fraction of sp³-hybridized carbons (Fsp3) is 0.706. The highest BCUT2D eigenvalue weighted by molar-refractivity contribution is 5.25. The van der Waals surface area contributed by atoms with Crippen molar-refractivity contribution in [3.05, 3.63) is 29.6 Å². The summed E-state index contributed by atoms with van der Waals surface area (Å²) in [7, 11) is 0. The third-order valence-corrected chi connectivity index (χ3v) is 3.73. The van der Waals surface area contributed by atoms with Gasteiger partial charge in [0.15, 0.2) is 0 Å². The van der Waals surface area contributed by atoms with Crippen LogP contribution in [0.3, 0.4) is 0 Å². The highest BCUT2D eigenvalue weighted by atomic mass is 19.4. The molecule has 0 bridgehead atoms. The third-order valence-electron chi connectivity index (χ3n) is 3.73. The van der Waals surface area contributed by atoms with Crippen molar-refractivity contribution in [3.63, 3.8) is 0 Å². The molecular weight excluding hydrogens is 289 g/mol. The molecule has 0 saturated carbocycles. The molecule has 1 aromatic rings. The monoisotopic (exact) mass is 316 g/mol. The first-order chi connectivity index (χ1) is 10.6. The topological polar surface area (TPSA) is 24.9 Å². The van der Waals surface area contributed by atoms with Gasteiger partial charge in [0.25, 0.3) is 0 Å². The molecule has 0 saturated heterocycles. The summed E-state index contributed by atoms with van der Waals surface area (Å²) in [5.74, 6) is 0. The Morgan fingerprint density at radius 2 is 1.64 bits per heavy atom. The van der Waals surface area contributed by atoms with E-state index in [1.807, 2.05) is 0 Å². The van der Waals surface area contributed by atoms with Gasteiger partial charge in [0, 0.05) is 18.9 Å². The molecule has 0 aliphatic rings. The van der Waals surface area contributed by atoms with Gasteiger partial charge < -0.3 is 5.32 Å². The number of pyridine rings is 1. The second kappa shape index (κ2) is 10.6. The summed E-state index contributed by atoms with van der Waals surface area (Å²) in [6.45, 7) is 3.18. The average Bonchev–Trinajstić information content (AvgIpc) is 2.48. The Hall–Kier alpha value is -1.10. The maximum Gasteiger partial charge on any atom is 0.416 e. The number of halogens is 3. The standard InChI is InChI=1S/C17H27F3N2/c1-2-3-4-5-6-7-8-9-11-21-13-15-14-22-12-10-16(15)17(18,19)20/h10,12,14,21H,2-9,11,13H2,1H3. The second-order valence-corrected chi connectivity index (χ2v) is 5.68. The van der Waals surface area contributed by atoms with E-state index in [0.717, 1.165) is 25.5 Å². The van der Waals surface area contributed by atoms with Crippen molar-refractivity contribution in [1.82, 2.24) is 10.3 Å². The van der Waals surface area contributed by atoms with E-state index in [0.29, 0.717) is 0 Å². The molecule has 0 fully saturated rings. The quantitative estimate of drug-likeness (QED) is 0.558. The minimum atomic E-state index is -4.31. The lowest BCUT2D eigenvalue weighted by atomic mass is 10.1. The molecule has 1 heterocycles. The lowest BCUT2D eigenvalue weighted by Gasteiger charge is -2.12. The lowest BCUT2D eigenvalue weighted by Crippen LogP contribution is -2.18. The number of hydrogen-bond donors (Lipinski definition) is 1. The maximum absolute atomic E-state index is 12.8. The Kier molecular flexibility index (Phi) is 9.13. The molecule has 0 amide bonds. The number of unbranched alkanes of at least 4 members (excludes halogenated alkanes) is 7. The van der Waals surface area contributed by atoms with Crippen LogP contribution >= 0.6 is 0 Å². The van der Waals surface area contributed by atoms with E-state index < -0.39 is 11.7 Å². The first kappa shape index (κ1) is 18.9. The van der Waals surface area contributed by atoms with E-state index in [2.05, 4.69) is 17.2 Å². The van der Waals surface area contributed by atoms with Gasteiger partial charge in [0.1, 0.15) is 0 Å². The van der Waals surface area contributed by atoms with Crippen LogP contribution in [0.15, 0.2) is 18.5 Å². The summed E-state index contributed by atoms with van der Waals surface area (Å²) < 4.78 is 38.4. The molecule has 126 valence electrons. The highest BCUT2D eigenvalue weighted by Gasteiger charge is 2.32. The van der Waals surface area contributed by atoms with Crippen LogP contribution in [-0.2, 0) is 12.7 Å². The third kappa shape index (κ3) is 7.78. The van der Waals surface area contributed by atoms with Crippen LogP contribution < -0.4 is 5.32 Å². The van der Waals surface area contributed by atoms with Gasteiger partial charge in [-0.25, -0.2) is 0 Å². The van der Waals surface area contributed by atoms with Crippen molar-refractivity contribution < 1.29 is 13.2 Å². The molecule has 0 aromatic carbocycles. The molecule has 0 radical (unpaired) electrons. The first-order valence-electron chi connectivity index (χ1n) is 8.26. The zero-order chi connectivity index (χ0) is 16.3. The zero-order valence-corrected chi connectivity index (χ0v) is 13.4.